The molecule has 0 bridgehead atoms. The summed E-state index contributed by atoms with van der Waals surface area (Å²) in [4.78, 5) is 10.5. The van der Waals surface area contributed by atoms with Crippen LogP contribution in [-0.4, -0.2) is 12.3 Å². The van der Waals surface area contributed by atoms with Crippen molar-refractivity contribution in [1.29, 1.82) is 0 Å². The Morgan fingerprint density at radius 3 is 2.73 bits per heavy atom. The summed E-state index contributed by atoms with van der Waals surface area (Å²) >= 11 is 0. The predicted octanol–water partition coefficient (Wildman–Crippen LogP) is 1.84. The number of hydrogen-bond donors (Lipinski definition) is 0. The minimum atomic E-state index is -0.463. The lowest BCUT2D eigenvalue weighted by Gasteiger charge is -2.14. The quantitative estimate of drug-likeness (QED) is 0.348. The monoisotopic (exact) mass is 158 g/mol. The fourth-order valence-corrected chi connectivity index (χ4v) is 0.683. The van der Waals surface area contributed by atoms with Gasteiger partial charge in [-0.3, -0.25) is 4.79 Å². The molecule has 1 unspecified atom stereocenters. The lowest BCUT2D eigenvalue weighted by atomic mass is 10.3. The van der Waals surface area contributed by atoms with Gasteiger partial charge in [0, 0.05) is 13.3 Å². The van der Waals surface area contributed by atoms with E-state index in [0.29, 0.717) is 6.42 Å². The molecule has 0 amide bonds. The van der Waals surface area contributed by atoms with Crippen LogP contribution in [0.2, 0.25) is 0 Å². The van der Waals surface area contributed by atoms with Gasteiger partial charge in [-0.25, -0.2) is 0 Å². The number of carbonyl (C=O) groups is 1. The highest BCUT2D eigenvalue weighted by Crippen LogP contribution is 2.04. The van der Waals surface area contributed by atoms with Crippen LogP contribution < -0.4 is 0 Å². The highest BCUT2D eigenvalue weighted by molar-refractivity contribution is 5.66. The Morgan fingerprint density at radius 1 is 1.73 bits per heavy atom. The highest BCUT2D eigenvalue weighted by atomic mass is 16.7. The van der Waals surface area contributed by atoms with E-state index in [2.05, 4.69) is 6.58 Å². The van der Waals surface area contributed by atoms with Crippen LogP contribution in [0.5, 0.6) is 0 Å². The van der Waals surface area contributed by atoms with Crippen LogP contribution >= 0.6 is 0 Å². The predicted molar refractivity (Wildman–Crippen MR) is 41.7 cm³/mol. The molecule has 0 aromatic heterocycles. The minimum absolute atomic E-state index is 0.328. The van der Waals surface area contributed by atoms with Gasteiger partial charge in [0.25, 0.3) is 0 Å². The van der Waals surface area contributed by atoms with Gasteiger partial charge >= 0.3 is 5.97 Å². The summed E-state index contributed by atoms with van der Waals surface area (Å²) in [6.07, 6.45) is 2.43. The first-order valence-corrected chi connectivity index (χ1v) is 3.64. The van der Waals surface area contributed by atoms with Crippen LogP contribution in [0.25, 0.3) is 0 Å². The van der Waals surface area contributed by atoms with E-state index in [0.717, 1.165) is 6.42 Å². The Balaban J connectivity index is 3.67. The second-order valence-electron chi connectivity index (χ2n) is 2.13. The maximum atomic E-state index is 10.5. The lowest BCUT2D eigenvalue weighted by molar-refractivity contribution is -0.167. The van der Waals surface area contributed by atoms with Crippen molar-refractivity contribution in [2.24, 2.45) is 0 Å². The van der Waals surface area contributed by atoms with Gasteiger partial charge in [0.15, 0.2) is 0 Å². The molecule has 0 radical (unpaired) electrons. The van der Waals surface area contributed by atoms with Gasteiger partial charge in [0.05, 0.1) is 6.26 Å². The van der Waals surface area contributed by atoms with Crippen molar-refractivity contribution >= 4 is 5.97 Å². The van der Waals surface area contributed by atoms with Crippen LogP contribution in [0.3, 0.4) is 0 Å². The zero-order valence-electron chi connectivity index (χ0n) is 7.00. The third kappa shape index (κ3) is 5.45. The normalized spacial score (nSPS) is 11.8. The second kappa shape index (κ2) is 5.77. The zero-order valence-corrected chi connectivity index (χ0v) is 7.00. The second-order valence-corrected chi connectivity index (χ2v) is 2.13. The molecule has 11 heavy (non-hydrogen) atoms. The molecule has 0 fully saturated rings. The first-order valence-electron chi connectivity index (χ1n) is 3.64. The molecule has 0 saturated carbocycles. The summed E-state index contributed by atoms with van der Waals surface area (Å²) in [5, 5.41) is 0. The Labute approximate surface area is 67.0 Å². The van der Waals surface area contributed by atoms with E-state index >= 15 is 0 Å². The van der Waals surface area contributed by atoms with Crippen molar-refractivity contribution in [2.75, 3.05) is 0 Å². The molecular formula is C8H14O3. The maximum Gasteiger partial charge on any atom is 0.305 e. The Kier molecular flexibility index (Phi) is 5.25. The van der Waals surface area contributed by atoms with Crippen molar-refractivity contribution in [2.45, 2.75) is 33.0 Å². The molecule has 0 aliphatic rings. The standard InChI is InChI=1S/C8H14O3/c1-4-6-8(10-5-2)11-7(3)9/h5,8H,2,4,6H2,1,3H3. The van der Waals surface area contributed by atoms with Crippen LogP contribution in [0.15, 0.2) is 12.8 Å². The van der Waals surface area contributed by atoms with E-state index in [-0.39, 0.29) is 5.97 Å². The van der Waals surface area contributed by atoms with E-state index in [1.807, 2.05) is 6.92 Å². The van der Waals surface area contributed by atoms with E-state index in [1.54, 1.807) is 0 Å². The minimum Gasteiger partial charge on any atom is -0.463 e. The van der Waals surface area contributed by atoms with Crippen molar-refractivity contribution in [3.05, 3.63) is 12.8 Å². The molecule has 0 saturated heterocycles. The highest BCUT2D eigenvalue weighted by Gasteiger charge is 2.08. The SMILES string of the molecule is C=COC(CCC)OC(C)=O. The molecule has 0 aromatic carbocycles. The Bertz CT molecular complexity index is 131. The van der Waals surface area contributed by atoms with Crippen LogP contribution in [0, 0.1) is 0 Å². The van der Waals surface area contributed by atoms with Crippen molar-refractivity contribution in [1.82, 2.24) is 0 Å². The average Bonchev–Trinajstić information content (AvgIpc) is 1.87. The fourth-order valence-electron chi connectivity index (χ4n) is 0.683. The van der Waals surface area contributed by atoms with Gasteiger partial charge in [0.2, 0.25) is 6.29 Å². The Morgan fingerprint density at radius 2 is 2.36 bits per heavy atom. The lowest BCUT2D eigenvalue weighted by Crippen LogP contribution is -2.17. The van der Waals surface area contributed by atoms with Gasteiger partial charge in [-0.15, -0.1) is 0 Å². The molecule has 3 heteroatoms. The molecule has 0 rings (SSSR count). The summed E-state index contributed by atoms with van der Waals surface area (Å²) in [6, 6.07) is 0. The van der Waals surface area contributed by atoms with Crippen molar-refractivity contribution in [3.63, 3.8) is 0 Å². The molecule has 0 heterocycles. The smallest absolute Gasteiger partial charge is 0.305 e. The number of carbonyl (C=O) groups excluding carboxylic acids is 1. The number of esters is 1. The van der Waals surface area contributed by atoms with Crippen LogP contribution in [0.4, 0.5) is 0 Å². The molecule has 0 aromatic rings. The van der Waals surface area contributed by atoms with Gasteiger partial charge in [-0.1, -0.05) is 13.5 Å². The summed E-state index contributed by atoms with van der Waals surface area (Å²) in [5.41, 5.74) is 0. The van der Waals surface area contributed by atoms with Gasteiger partial charge in [-0.2, -0.15) is 0 Å². The summed E-state index contributed by atoms with van der Waals surface area (Å²) in [5.74, 6) is -0.328. The third-order valence-corrected chi connectivity index (χ3v) is 1.07. The Hall–Kier alpha value is -0.990. The number of hydrogen-bond acceptors (Lipinski definition) is 3. The summed E-state index contributed by atoms with van der Waals surface area (Å²) < 4.78 is 9.71. The van der Waals surface area contributed by atoms with Crippen molar-refractivity contribution in [3.8, 4) is 0 Å². The summed E-state index contributed by atoms with van der Waals surface area (Å²) in [7, 11) is 0. The van der Waals surface area contributed by atoms with E-state index in [1.165, 1.54) is 13.2 Å². The third-order valence-electron chi connectivity index (χ3n) is 1.07. The first-order chi connectivity index (χ1) is 5.20. The molecule has 64 valence electrons. The molecule has 3 nitrogen and oxygen atoms in total. The first kappa shape index (κ1) is 10.0. The molecule has 0 aliphatic carbocycles. The van der Waals surface area contributed by atoms with Crippen molar-refractivity contribution < 1.29 is 14.3 Å². The fraction of sp³-hybridized carbons (Fsp3) is 0.625. The maximum absolute atomic E-state index is 10.5. The van der Waals surface area contributed by atoms with Gasteiger partial charge in [0.1, 0.15) is 0 Å². The number of ether oxygens (including phenoxy) is 2. The number of rotatable bonds is 5. The molecule has 0 spiro atoms. The van der Waals surface area contributed by atoms with E-state index in [4.69, 9.17) is 9.47 Å². The molecule has 0 aliphatic heterocycles. The van der Waals surface area contributed by atoms with E-state index < -0.39 is 6.29 Å². The summed E-state index contributed by atoms with van der Waals surface area (Å²) in [6.45, 7) is 6.72. The molecule has 1 atom stereocenters. The van der Waals surface area contributed by atoms with Crippen LogP contribution in [0.1, 0.15) is 26.7 Å². The van der Waals surface area contributed by atoms with E-state index in [9.17, 15) is 4.79 Å². The van der Waals surface area contributed by atoms with Crippen LogP contribution in [-0.2, 0) is 14.3 Å². The van der Waals surface area contributed by atoms with Gasteiger partial charge in [-0.05, 0) is 6.42 Å². The topological polar surface area (TPSA) is 35.5 Å². The molecular weight excluding hydrogens is 144 g/mol. The molecule has 0 N–H and O–H groups in total. The largest absolute Gasteiger partial charge is 0.463 e. The average molecular weight is 158 g/mol. The van der Waals surface area contributed by atoms with Gasteiger partial charge < -0.3 is 9.47 Å². The zero-order chi connectivity index (χ0) is 8.69.